The summed E-state index contributed by atoms with van der Waals surface area (Å²) < 4.78 is -4.19. The van der Waals surface area contributed by atoms with Crippen molar-refractivity contribution in [3.63, 3.8) is 0 Å². The number of benzene rings is 2. The third kappa shape index (κ3) is 4.10. The molecule has 10 heteroatoms. The zero-order chi connectivity index (χ0) is 28.1. The molecule has 2 aromatic carbocycles. The maximum absolute atomic E-state index is 4.52. The molecule has 37 heavy (non-hydrogen) atoms. The molecule has 2 aromatic rings. The summed E-state index contributed by atoms with van der Waals surface area (Å²) in [6.07, 6.45) is 1.83. The van der Waals surface area contributed by atoms with Gasteiger partial charge in [-0.3, -0.25) is 0 Å². The van der Waals surface area contributed by atoms with Crippen LogP contribution in [-0.4, -0.2) is 21.6 Å². The summed E-state index contributed by atoms with van der Waals surface area (Å²) in [6.45, 7) is 9.52. The number of alkyl halides is 10. The van der Waals surface area contributed by atoms with Gasteiger partial charge < -0.3 is 0 Å². The van der Waals surface area contributed by atoms with Crippen LogP contribution in [0.4, 0.5) is 0 Å². The molecular weight excluding hydrogens is 1120 g/mol. The lowest BCUT2D eigenvalue weighted by atomic mass is 9.62. The quantitative estimate of drug-likeness (QED) is 0.268. The smallest absolute Gasteiger partial charge is 0.0805 e. The van der Waals surface area contributed by atoms with Gasteiger partial charge in [0, 0.05) is 5.41 Å². The van der Waals surface area contributed by atoms with Crippen LogP contribution in [0.2, 0.25) is 0 Å². The fraction of sp³-hybridized carbons (Fsp3) is 0.556. The Morgan fingerprint density at radius 1 is 0.595 bits per heavy atom. The summed E-state index contributed by atoms with van der Waals surface area (Å²) >= 11 is 42.3. The van der Waals surface area contributed by atoms with Gasteiger partial charge in [-0.15, -0.1) is 0 Å². The highest BCUT2D eigenvalue weighted by atomic mass is 79.9. The van der Waals surface area contributed by atoms with E-state index in [9.17, 15) is 0 Å². The second-order valence-corrected chi connectivity index (χ2v) is 27.6. The molecule has 2 aliphatic carbocycles. The third-order valence-electron chi connectivity index (χ3n) is 8.66. The molecule has 0 N–H and O–H groups in total. The lowest BCUT2D eigenvalue weighted by Gasteiger charge is -2.71. The van der Waals surface area contributed by atoms with E-state index in [0.717, 1.165) is 12.8 Å². The van der Waals surface area contributed by atoms with Gasteiger partial charge in [0.15, 0.2) is 0 Å². The van der Waals surface area contributed by atoms with E-state index in [2.05, 4.69) is 248 Å². The van der Waals surface area contributed by atoms with Crippen molar-refractivity contribution in [3.8, 4) is 0 Å². The number of hydrogen-bond acceptors (Lipinski definition) is 0. The summed E-state index contributed by atoms with van der Waals surface area (Å²) in [5.41, 5.74) is 1.90. The van der Waals surface area contributed by atoms with Crippen molar-refractivity contribution in [2.75, 3.05) is 0 Å². The molecule has 0 nitrogen and oxygen atoms in total. The van der Waals surface area contributed by atoms with Gasteiger partial charge in [0.1, 0.15) is 12.9 Å². The fourth-order valence-corrected chi connectivity index (χ4v) is 20.7. The van der Waals surface area contributed by atoms with E-state index in [1.807, 2.05) is 0 Å². The molecule has 0 amide bonds. The van der Waals surface area contributed by atoms with E-state index < -0.39 is 21.6 Å². The van der Waals surface area contributed by atoms with E-state index in [4.69, 9.17) is 0 Å². The third-order valence-corrected chi connectivity index (χ3v) is 31.4. The summed E-state index contributed by atoms with van der Waals surface area (Å²) in [5.74, 6) is 0. The van der Waals surface area contributed by atoms with Crippen LogP contribution in [0.3, 0.4) is 0 Å². The second kappa shape index (κ2) is 10.1. The molecule has 0 heterocycles. The molecule has 0 aliphatic heterocycles. The molecule has 2 fully saturated rings. The van der Waals surface area contributed by atoms with E-state index in [-0.39, 0.29) is 16.2 Å². The zero-order valence-corrected chi connectivity index (χ0v) is 36.3. The van der Waals surface area contributed by atoms with Gasteiger partial charge in [-0.05, 0) is 34.8 Å². The first-order chi connectivity index (χ1) is 16.6. The molecule has 2 saturated carbocycles. The normalized spacial score (nSPS) is 37.7. The summed E-state index contributed by atoms with van der Waals surface area (Å²) in [5, 5.41) is 0. The first kappa shape index (κ1) is 33.1. The highest BCUT2D eigenvalue weighted by molar-refractivity contribution is 9.35. The van der Waals surface area contributed by atoms with Crippen LogP contribution in [0.1, 0.15) is 51.7 Å². The van der Waals surface area contributed by atoms with Crippen LogP contribution in [0.15, 0.2) is 60.7 Å². The molecule has 0 aromatic heterocycles. The molecule has 0 radical (unpaired) electrons. The largest absolute Gasteiger partial charge is 0.134 e. The Bertz CT molecular complexity index is 1180. The van der Waals surface area contributed by atoms with Crippen molar-refractivity contribution in [3.05, 3.63) is 71.8 Å². The number of fused-ring (bicyclic) bond motifs is 1. The molecule has 4 unspecified atom stereocenters. The van der Waals surface area contributed by atoms with Crippen molar-refractivity contribution in [1.29, 1.82) is 0 Å². The van der Waals surface area contributed by atoms with Gasteiger partial charge in [0.05, 0.1) is 8.65 Å². The van der Waals surface area contributed by atoms with Gasteiger partial charge in [0.25, 0.3) is 0 Å². The molecule has 2 aliphatic rings. The van der Waals surface area contributed by atoms with Crippen molar-refractivity contribution in [2.45, 2.75) is 72.9 Å². The van der Waals surface area contributed by atoms with Crippen molar-refractivity contribution < 1.29 is 0 Å². The molecular formula is C27H26Br10. The van der Waals surface area contributed by atoms with Crippen LogP contribution in [0, 0.1) is 5.41 Å². The topological polar surface area (TPSA) is 0 Å². The highest BCUT2D eigenvalue weighted by Gasteiger charge is 2.93. The first-order valence-electron chi connectivity index (χ1n) is 11.6. The Labute approximate surface area is 305 Å². The monoisotopic (exact) mass is 1140 g/mol. The van der Waals surface area contributed by atoms with E-state index >= 15 is 0 Å². The Balaban J connectivity index is 2.09. The molecule has 0 saturated heterocycles. The van der Waals surface area contributed by atoms with Gasteiger partial charge in [-0.25, -0.2) is 0 Å². The summed E-state index contributed by atoms with van der Waals surface area (Å²) in [6, 6.07) is 21.7. The molecule has 4 rings (SSSR count). The van der Waals surface area contributed by atoms with Crippen LogP contribution < -0.4 is 0 Å². The number of halogens is 10. The highest BCUT2D eigenvalue weighted by Crippen LogP contribution is 2.89. The average Bonchev–Trinajstić information content (AvgIpc) is 2.96. The number of rotatable bonds is 4. The Kier molecular flexibility index (Phi) is 9.08. The van der Waals surface area contributed by atoms with Crippen LogP contribution >= 0.6 is 159 Å². The SMILES string of the molecule is CC(C)(CC1(C)CC(C)(c2ccccc2)C2(Br)C(Br)(Br)C(Br)(Br)C(Br)(Br)C(Br)(Br)C12Br)c1ccccc1. The van der Waals surface area contributed by atoms with Gasteiger partial charge in [-0.1, -0.05) is 248 Å². The van der Waals surface area contributed by atoms with Crippen molar-refractivity contribution in [2.24, 2.45) is 5.41 Å². The van der Waals surface area contributed by atoms with Crippen LogP contribution in [0.5, 0.6) is 0 Å². The van der Waals surface area contributed by atoms with Gasteiger partial charge >= 0.3 is 0 Å². The Morgan fingerprint density at radius 3 is 1.46 bits per heavy atom. The van der Waals surface area contributed by atoms with Crippen LogP contribution in [0.25, 0.3) is 0 Å². The second-order valence-electron chi connectivity index (χ2n) is 11.5. The average molecular weight is 1150 g/mol. The minimum Gasteiger partial charge on any atom is -0.0805 e. The molecule has 0 bridgehead atoms. The van der Waals surface area contributed by atoms with Crippen molar-refractivity contribution >= 4 is 159 Å². The Morgan fingerprint density at radius 2 is 1.00 bits per heavy atom. The summed E-state index contributed by atoms with van der Waals surface area (Å²) in [4.78, 5) is 0. The summed E-state index contributed by atoms with van der Waals surface area (Å²) in [7, 11) is 0. The predicted molar refractivity (Wildman–Crippen MR) is 196 cm³/mol. The van der Waals surface area contributed by atoms with Gasteiger partial charge in [-0.2, -0.15) is 0 Å². The lowest BCUT2D eigenvalue weighted by Crippen LogP contribution is -2.83. The van der Waals surface area contributed by atoms with E-state index in [1.54, 1.807) is 0 Å². The zero-order valence-electron chi connectivity index (χ0n) is 20.5. The first-order valence-corrected chi connectivity index (χ1v) is 19.6. The molecule has 4 atom stereocenters. The molecule has 0 spiro atoms. The molecule has 204 valence electrons. The predicted octanol–water partition coefficient (Wildman–Crippen LogP) is 12.9. The van der Waals surface area contributed by atoms with Crippen LogP contribution in [-0.2, 0) is 10.8 Å². The fourth-order valence-electron chi connectivity index (χ4n) is 7.06. The van der Waals surface area contributed by atoms with E-state index in [0.29, 0.717) is 0 Å². The van der Waals surface area contributed by atoms with Gasteiger partial charge in [0.2, 0.25) is 0 Å². The van der Waals surface area contributed by atoms with Crippen molar-refractivity contribution in [1.82, 2.24) is 0 Å². The van der Waals surface area contributed by atoms with E-state index in [1.165, 1.54) is 11.1 Å². The number of hydrogen-bond donors (Lipinski definition) is 0. The maximum Gasteiger partial charge on any atom is 0.134 e. The minimum absolute atomic E-state index is 0.0946. The lowest BCUT2D eigenvalue weighted by molar-refractivity contribution is 0.159. The maximum atomic E-state index is 4.52. The minimum atomic E-state index is -0.746. The Hall–Kier alpha value is 3.24. The standard InChI is InChI=1S/C27H26Br10/c1-19(2,17-11-7-5-8-12-17)15-20(3)16-21(4,18-13-9-6-10-14-18)23(29)22(20,28)24(30,31)26(34,35)27(36,37)25(23,32)33/h5-14H,15-16H2,1-4H3.